The number of carbonyl (C=O) groups excluding carboxylic acids is 1. The van der Waals surface area contributed by atoms with Crippen LogP contribution in [0, 0.1) is 6.92 Å². The molecule has 0 radical (unpaired) electrons. The number of aromatic nitrogens is 2. The van der Waals surface area contributed by atoms with Crippen molar-refractivity contribution in [3.05, 3.63) is 52.1 Å². The second-order valence-corrected chi connectivity index (χ2v) is 5.94. The molecule has 0 spiro atoms. The van der Waals surface area contributed by atoms with Gasteiger partial charge in [-0.1, -0.05) is 23.9 Å². The van der Waals surface area contributed by atoms with Crippen molar-refractivity contribution in [2.45, 2.75) is 18.4 Å². The summed E-state index contributed by atoms with van der Waals surface area (Å²) >= 11 is 1.25. The van der Waals surface area contributed by atoms with Crippen LogP contribution < -0.4 is 15.7 Å². The lowest BCUT2D eigenvalue weighted by molar-refractivity contribution is -0.118. The number of carbonyl (C=O) groups is 1. The van der Waals surface area contributed by atoms with Gasteiger partial charge in [-0.15, -0.1) is 0 Å². The van der Waals surface area contributed by atoms with Gasteiger partial charge < -0.3 is 15.0 Å². The molecule has 1 aromatic carbocycles. The van der Waals surface area contributed by atoms with E-state index in [1.54, 1.807) is 20.1 Å². The fourth-order valence-corrected chi connectivity index (χ4v) is 2.74. The zero-order valence-corrected chi connectivity index (χ0v) is 13.9. The predicted molar refractivity (Wildman–Crippen MR) is 90.0 cm³/mol. The van der Waals surface area contributed by atoms with Crippen LogP contribution in [-0.4, -0.2) is 35.3 Å². The molecule has 23 heavy (non-hydrogen) atoms. The third-order valence-electron chi connectivity index (χ3n) is 3.10. The van der Waals surface area contributed by atoms with E-state index in [2.05, 4.69) is 15.3 Å². The van der Waals surface area contributed by atoms with E-state index in [0.29, 0.717) is 11.6 Å². The van der Waals surface area contributed by atoms with Gasteiger partial charge in [-0.3, -0.25) is 4.79 Å². The van der Waals surface area contributed by atoms with Crippen LogP contribution in [0.4, 0.5) is 0 Å². The molecule has 1 amide bonds. The molecule has 0 atom stereocenters. The van der Waals surface area contributed by atoms with Gasteiger partial charge in [0.2, 0.25) is 5.91 Å². The molecule has 2 aromatic rings. The number of nitrogens with one attached hydrogen (secondary N) is 2. The number of H-pyrrole nitrogens is 1. The van der Waals surface area contributed by atoms with Gasteiger partial charge in [0, 0.05) is 12.2 Å². The molecule has 0 aliphatic heterocycles. The number of hydrogen-bond donors (Lipinski definition) is 2. The van der Waals surface area contributed by atoms with Crippen molar-refractivity contribution in [1.29, 1.82) is 0 Å². The summed E-state index contributed by atoms with van der Waals surface area (Å²) in [6.45, 7) is 2.34. The Morgan fingerprint density at radius 3 is 2.74 bits per heavy atom. The monoisotopic (exact) mass is 333 g/mol. The van der Waals surface area contributed by atoms with Crippen molar-refractivity contribution in [3.63, 3.8) is 0 Å². The van der Waals surface area contributed by atoms with Crippen molar-refractivity contribution in [2.24, 2.45) is 0 Å². The Hall–Kier alpha value is -2.28. The molecular weight excluding hydrogens is 314 g/mol. The van der Waals surface area contributed by atoms with E-state index in [0.717, 1.165) is 23.4 Å². The van der Waals surface area contributed by atoms with Crippen LogP contribution >= 0.6 is 11.8 Å². The summed E-state index contributed by atoms with van der Waals surface area (Å²) in [6.07, 6.45) is 0.753. The van der Waals surface area contributed by atoms with Crippen LogP contribution in [0.5, 0.6) is 5.75 Å². The molecule has 0 unspecified atom stereocenters. The van der Waals surface area contributed by atoms with E-state index in [-0.39, 0.29) is 11.7 Å². The highest BCUT2D eigenvalue weighted by molar-refractivity contribution is 7.99. The van der Waals surface area contributed by atoms with E-state index in [1.807, 2.05) is 24.3 Å². The molecule has 2 rings (SSSR count). The summed E-state index contributed by atoms with van der Waals surface area (Å²) in [4.78, 5) is 29.4. The van der Waals surface area contributed by atoms with Gasteiger partial charge >= 0.3 is 5.69 Å². The Balaban J connectivity index is 1.73. The number of amides is 1. The molecule has 0 bridgehead atoms. The summed E-state index contributed by atoms with van der Waals surface area (Å²) in [5.74, 6) is 0.969. The second-order valence-electron chi connectivity index (χ2n) is 4.94. The molecule has 0 saturated heterocycles. The number of hydrogen-bond acceptors (Lipinski definition) is 5. The fourth-order valence-electron chi connectivity index (χ4n) is 1.95. The molecule has 7 heteroatoms. The summed E-state index contributed by atoms with van der Waals surface area (Å²) in [5, 5.41) is 3.41. The quantitative estimate of drug-likeness (QED) is 0.593. The zero-order valence-electron chi connectivity index (χ0n) is 13.1. The minimum Gasteiger partial charge on any atom is -0.497 e. The number of thioether (sulfide) groups is 1. The first-order valence-electron chi connectivity index (χ1n) is 7.17. The lowest BCUT2D eigenvalue weighted by Crippen LogP contribution is -2.27. The number of ether oxygens (including phenoxy) is 1. The Labute approximate surface area is 138 Å². The van der Waals surface area contributed by atoms with E-state index in [9.17, 15) is 9.59 Å². The highest BCUT2D eigenvalue weighted by Gasteiger charge is 2.05. The van der Waals surface area contributed by atoms with E-state index < -0.39 is 5.69 Å². The lowest BCUT2D eigenvalue weighted by atomic mass is 10.1. The number of methoxy groups -OCH3 is 1. The van der Waals surface area contributed by atoms with Crippen LogP contribution in [0.15, 0.2) is 40.2 Å². The van der Waals surface area contributed by atoms with Crippen LogP contribution in [0.2, 0.25) is 0 Å². The summed E-state index contributed by atoms with van der Waals surface area (Å²) in [5.41, 5.74) is 1.46. The Bertz CT molecular complexity index is 713. The molecule has 1 heterocycles. The first-order chi connectivity index (χ1) is 11.1. The van der Waals surface area contributed by atoms with Crippen molar-refractivity contribution in [2.75, 3.05) is 19.4 Å². The predicted octanol–water partition coefficient (Wildman–Crippen LogP) is 1.54. The number of benzene rings is 1. The largest absolute Gasteiger partial charge is 0.497 e. The molecule has 6 nitrogen and oxygen atoms in total. The summed E-state index contributed by atoms with van der Waals surface area (Å²) in [6, 6.07) is 9.49. The highest BCUT2D eigenvalue weighted by atomic mass is 32.2. The molecule has 0 saturated carbocycles. The summed E-state index contributed by atoms with van der Waals surface area (Å²) in [7, 11) is 1.63. The molecule has 0 fully saturated rings. The number of aryl methyl sites for hydroxylation is 1. The van der Waals surface area contributed by atoms with Crippen LogP contribution in [-0.2, 0) is 11.2 Å². The molecule has 2 N–H and O–H groups in total. The van der Waals surface area contributed by atoms with Gasteiger partial charge in [0.1, 0.15) is 10.8 Å². The third-order valence-corrected chi connectivity index (χ3v) is 4.01. The first-order valence-corrected chi connectivity index (χ1v) is 8.16. The smallest absolute Gasteiger partial charge is 0.346 e. The molecule has 122 valence electrons. The van der Waals surface area contributed by atoms with Crippen LogP contribution in [0.25, 0.3) is 0 Å². The van der Waals surface area contributed by atoms with Gasteiger partial charge in [-0.25, -0.2) is 4.79 Å². The number of aromatic amines is 1. The fraction of sp³-hybridized carbons (Fsp3) is 0.312. The second kappa shape index (κ2) is 8.38. The highest BCUT2D eigenvalue weighted by Crippen LogP contribution is 2.13. The van der Waals surface area contributed by atoms with Gasteiger partial charge in [-0.05, 0) is 37.1 Å². The van der Waals surface area contributed by atoms with Gasteiger partial charge in [0.15, 0.2) is 0 Å². The first kappa shape index (κ1) is 17.1. The molecule has 0 aliphatic carbocycles. The maximum absolute atomic E-state index is 11.8. The normalized spacial score (nSPS) is 10.3. The summed E-state index contributed by atoms with van der Waals surface area (Å²) < 4.78 is 5.10. The van der Waals surface area contributed by atoms with Crippen LogP contribution in [0.1, 0.15) is 11.3 Å². The van der Waals surface area contributed by atoms with E-state index in [1.165, 1.54) is 11.8 Å². The zero-order chi connectivity index (χ0) is 16.7. The molecule has 0 aliphatic rings. The molecule has 1 aromatic heterocycles. The maximum atomic E-state index is 11.8. The van der Waals surface area contributed by atoms with E-state index >= 15 is 0 Å². The Morgan fingerprint density at radius 1 is 1.35 bits per heavy atom. The number of rotatable bonds is 7. The van der Waals surface area contributed by atoms with Crippen molar-refractivity contribution in [1.82, 2.24) is 15.3 Å². The topological polar surface area (TPSA) is 84.1 Å². The third kappa shape index (κ3) is 5.78. The van der Waals surface area contributed by atoms with Gasteiger partial charge in [-0.2, -0.15) is 4.98 Å². The molecular formula is C16H19N3O3S. The number of nitrogens with zero attached hydrogens (tertiary/aromatic N) is 1. The minimum atomic E-state index is -0.396. The van der Waals surface area contributed by atoms with Crippen molar-refractivity contribution < 1.29 is 9.53 Å². The Kier molecular flexibility index (Phi) is 6.22. The maximum Gasteiger partial charge on any atom is 0.346 e. The lowest BCUT2D eigenvalue weighted by Gasteiger charge is -2.06. The average Bonchev–Trinajstić information content (AvgIpc) is 2.53. The standard InChI is InChI=1S/C16H19N3O3S/c1-11-9-15(19-16(21)18-11)23-10-14(20)17-8-7-12-3-5-13(22-2)6-4-12/h3-6,9H,7-8,10H2,1-2H3,(H,17,20)(H,18,19,21). The van der Waals surface area contributed by atoms with Crippen LogP contribution in [0.3, 0.4) is 0 Å². The SMILES string of the molecule is COc1ccc(CCNC(=O)CSc2cc(C)[nH]c(=O)n2)cc1. The Morgan fingerprint density at radius 2 is 2.09 bits per heavy atom. The minimum absolute atomic E-state index is 0.0803. The van der Waals surface area contributed by atoms with Gasteiger partial charge in [0.05, 0.1) is 12.9 Å². The average molecular weight is 333 g/mol. The van der Waals surface area contributed by atoms with Gasteiger partial charge in [0.25, 0.3) is 0 Å². The van der Waals surface area contributed by atoms with E-state index in [4.69, 9.17) is 4.74 Å². The van der Waals surface area contributed by atoms with Crippen molar-refractivity contribution in [3.8, 4) is 5.75 Å². The van der Waals surface area contributed by atoms with Crippen molar-refractivity contribution >= 4 is 17.7 Å².